The molecule has 0 aromatic rings. The van der Waals surface area contributed by atoms with Gasteiger partial charge in [0.25, 0.3) is 0 Å². The molecule has 0 radical (unpaired) electrons. The number of carboxylic acids is 1. The lowest BCUT2D eigenvalue weighted by molar-refractivity contribution is -0.147. The molecule has 1 rings (SSSR count). The molecular weight excluding hydrogens is 220 g/mol. The molecule has 0 aromatic carbocycles. The van der Waals surface area contributed by atoms with Gasteiger partial charge in [-0.2, -0.15) is 0 Å². The Morgan fingerprint density at radius 2 is 2.12 bits per heavy atom. The number of carbonyl (C=O) groups is 2. The Morgan fingerprint density at radius 1 is 1.47 bits per heavy atom. The predicted molar refractivity (Wildman–Crippen MR) is 64.8 cm³/mol. The molecule has 1 atom stereocenters. The molecule has 2 amide bonds. The van der Waals surface area contributed by atoms with Crippen LogP contribution in [-0.4, -0.2) is 40.6 Å². The summed E-state index contributed by atoms with van der Waals surface area (Å²) in [6, 6.07) is -0.256. The highest BCUT2D eigenvalue weighted by Gasteiger charge is 2.45. The Labute approximate surface area is 102 Å². The van der Waals surface area contributed by atoms with Crippen molar-refractivity contribution in [2.24, 2.45) is 5.92 Å². The number of hydrogen-bond donors (Lipinski definition) is 2. The number of carboxylic acid groups (broad SMARTS) is 1. The van der Waals surface area contributed by atoms with Crippen LogP contribution >= 0.6 is 0 Å². The highest BCUT2D eigenvalue weighted by molar-refractivity contribution is 5.86. The van der Waals surface area contributed by atoms with Crippen molar-refractivity contribution in [2.45, 2.75) is 45.6 Å². The third-order valence-electron chi connectivity index (χ3n) is 3.34. The Morgan fingerprint density at radius 3 is 2.65 bits per heavy atom. The van der Waals surface area contributed by atoms with Crippen molar-refractivity contribution < 1.29 is 14.7 Å². The van der Waals surface area contributed by atoms with Gasteiger partial charge >= 0.3 is 12.0 Å². The van der Waals surface area contributed by atoms with Crippen LogP contribution in [0.25, 0.3) is 0 Å². The number of urea groups is 1. The minimum absolute atomic E-state index is 0.256. The highest BCUT2D eigenvalue weighted by Crippen LogP contribution is 2.29. The number of aliphatic carboxylic acids is 1. The van der Waals surface area contributed by atoms with E-state index in [2.05, 4.69) is 19.2 Å². The summed E-state index contributed by atoms with van der Waals surface area (Å²) in [5.41, 5.74) is -1.04. The lowest BCUT2D eigenvalue weighted by Crippen LogP contribution is -2.54. The molecule has 1 aliphatic rings. The molecule has 0 bridgehead atoms. The molecule has 1 unspecified atom stereocenters. The van der Waals surface area contributed by atoms with E-state index in [1.807, 2.05) is 0 Å². The summed E-state index contributed by atoms with van der Waals surface area (Å²) < 4.78 is 0. The monoisotopic (exact) mass is 242 g/mol. The van der Waals surface area contributed by atoms with Crippen molar-refractivity contribution in [3.8, 4) is 0 Å². The molecule has 2 N–H and O–H groups in total. The number of carbonyl (C=O) groups excluding carboxylic acids is 1. The van der Waals surface area contributed by atoms with Crippen LogP contribution in [0.5, 0.6) is 0 Å². The van der Waals surface area contributed by atoms with Crippen LogP contribution < -0.4 is 5.32 Å². The first-order valence-corrected chi connectivity index (χ1v) is 6.17. The summed E-state index contributed by atoms with van der Waals surface area (Å²) in [6.45, 7) is 6.91. The van der Waals surface area contributed by atoms with Gasteiger partial charge in [0.15, 0.2) is 0 Å². The standard InChI is InChI=1S/C12H22N2O3/c1-9(2)5-7-13-11(17)14-8-4-6-12(14,3)10(15)16/h9H,4-8H2,1-3H3,(H,13,17)(H,15,16). The molecule has 5 nitrogen and oxygen atoms in total. The number of nitrogens with one attached hydrogen (secondary N) is 1. The maximum atomic E-state index is 11.9. The molecule has 5 heteroatoms. The fraction of sp³-hybridized carbons (Fsp3) is 0.833. The molecule has 0 spiro atoms. The maximum Gasteiger partial charge on any atom is 0.329 e. The zero-order valence-corrected chi connectivity index (χ0v) is 10.8. The van der Waals surface area contributed by atoms with Gasteiger partial charge in [-0.25, -0.2) is 9.59 Å². The van der Waals surface area contributed by atoms with Gasteiger partial charge in [0.2, 0.25) is 0 Å². The van der Waals surface area contributed by atoms with Crippen LogP contribution in [0.3, 0.4) is 0 Å². The smallest absolute Gasteiger partial charge is 0.329 e. The first-order valence-electron chi connectivity index (χ1n) is 6.17. The molecule has 1 saturated heterocycles. The van der Waals surface area contributed by atoms with Crippen molar-refractivity contribution in [1.82, 2.24) is 10.2 Å². The zero-order valence-electron chi connectivity index (χ0n) is 10.8. The highest BCUT2D eigenvalue weighted by atomic mass is 16.4. The first kappa shape index (κ1) is 13.8. The fourth-order valence-electron chi connectivity index (χ4n) is 2.07. The van der Waals surface area contributed by atoms with E-state index in [0.29, 0.717) is 25.4 Å². The third-order valence-corrected chi connectivity index (χ3v) is 3.34. The normalized spacial score (nSPS) is 24.1. The van der Waals surface area contributed by atoms with Gasteiger partial charge in [0.1, 0.15) is 5.54 Å². The predicted octanol–water partition coefficient (Wildman–Crippen LogP) is 1.68. The molecule has 1 aliphatic heterocycles. The first-order chi connectivity index (χ1) is 7.88. The maximum absolute atomic E-state index is 11.9. The van der Waals surface area contributed by atoms with Crippen molar-refractivity contribution in [1.29, 1.82) is 0 Å². The summed E-state index contributed by atoms with van der Waals surface area (Å²) in [7, 11) is 0. The minimum Gasteiger partial charge on any atom is -0.480 e. The van der Waals surface area contributed by atoms with Gasteiger partial charge in [0, 0.05) is 13.1 Å². The van der Waals surface area contributed by atoms with Crippen LogP contribution in [0.4, 0.5) is 4.79 Å². The van der Waals surface area contributed by atoms with Gasteiger partial charge in [-0.05, 0) is 32.1 Å². The SMILES string of the molecule is CC(C)CCNC(=O)N1CCCC1(C)C(=O)O. The van der Waals surface area contributed by atoms with Crippen LogP contribution in [0.2, 0.25) is 0 Å². The third kappa shape index (κ3) is 3.11. The lowest BCUT2D eigenvalue weighted by Gasteiger charge is -2.31. The molecule has 0 saturated carbocycles. The van der Waals surface area contributed by atoms with E-state index in [9.17, 15) is 14.7 Å². The van der Waals surface area contributed by atoms with Crippen LogP contribution in [-0.2, 0) is 4.79 Å². The fourth-order valence-corrected chi connectivity index (χ4v) is 2.07. The van der Waals surface area contributed by atoms with Gasteiger partial charge in [0.05, 0.1) is 0 Å². The number of amides is 2. The second-order valence-corrected chi connectivity index (χ2v) is 5.25. The summed E-state index contributed by atoms with van der Waals surface area (Å²) in [4.78, 5) is 24.5. The van der Waals surface area contributed by atoms with Crippen LogP contribution in [0.1, 0.15) is 40.0 Å². The molecule has 1 fully saturated rings. The largest absolute Gasteiger partial charge is 0.480 e. The molecule has 0 aliphatic carbocycles. The van der Waals surface area contributed by atoms with Crippen LogP contribution in [0, 0.1) is 5.92 Å². The number of nitrogens with zero attached hydrogens (tertiary/aromatic N) is 1. The Kier molecular flexibility index (Phi) is 4.37. The van der Waals surface area contributed by atoms with E-state index in [-0.39, 0.29) is 6.03 Å². The Hall–Kier alpha value is -1.26. The molecule has 98 valence electrons. The number of hydrogen-bond acceptors (Lipinski definition) is 2. The zero-order chi connectivity index (χ0) is 13.1. The molecule has 0 aromatic heterocycles. The average molecular weight is 242 g/mol. The van der Waals surface area contributed by atoms with E-state index in [1.165, 1.54) is 4.90 Å². The summed E-state index contributed by atoms with van der Waals surface area (Å²) in [6.07, 6.45) is 2.18. The van der Waals surface area contributed by atoms with Crippen molar-refractivity contribution in [3.05, 3.63) is 0 Å². The van der Waals surface area contributed by atoms with Crippen molar-refractivity contribution in [3.63, 3.8) is 0 Å². The van der Waals surface area contributed by atoms with E-state index in [4.69, 9.17) is 0 Å². The summed E-state index contributed by atoms with van der Waals surface area (Å²) in [5, 5.41) is 12.0. The van der Waals surface area contributed by atoms with Gasteiger partial charge in [-0.3, -0.25) is 0 Å². The second kappa shape index (κ2) is 5.38. The van der Waals surface area contributed by atoms with Gasteiger partial charge < -0.3 is 15.3 Å². The second-order valence-electron chi connectivity index (χ2n) is 5.25. The minimum atomic E-state index is -1.04. The van der Waals surface area contributed by atoms with E-state index < -0.39 is 11.5 Å². The van der Waals surface area contributed by atoms with Gasteiger partial charge in [-0.1, -0.05) is 13.8 Å². The van der Waals surface area contributed by atoms with E-state index >= 15 is 0 Å². The van der Waals surface area contributed by atoms with E-state index in [1.54, 1.807) is 6.92 Å². The van der Waals surface area contributed by atoms with Crippen molar-refractivity contribution in [2.75, 3.05) is 13.1 Å². The van der Waals surface area contributed by atoms with E-state index in [0.717, 1.165) is 12.8 Å². The quantitative estimate of drug-likeness (QED) is 0.788. The van der Waals surface area contributed by atoms with Crippen molar-refractivity contribution >= 4 is 12.0 Å². The average Bonchev–Trinajstić information content (AvgIpc) is 2.61. The topological polar surface area (TPSA) is 69.6 Å². The van der Waals surface area contributed by atoms with Crippen LogP contribution in [0.15, 0.2) is 0 Å². The Bertz CT molecular complexity index is 304. The molecule has 17 heavy (non-hydrogen) atoms. The lowest BCUT2D eigenvalue weighted by atomic mass is 10.00. The summed E-state index contributed by atoms with van der Waals surface area (Å²) in [5.74, 6) is -0.395. The molecular formula is C12H22N2O3. The molecule has 1 heterocycles. The Balaban J connectivity index is 2.54. The summed E-state index contributed by atoms with van der Waals surface area (Å²) >= 11 is 0. The number of likely N-dealkylation sites (tertiary alicyclic amines) is 1. The number of rotatable bonds is 4. The van der Waals surface area contributed by atoms with Gasteiger partial charge in [-0.15, -0.1) is 0 Å².